The highest BCUT2D eigenvalue weighted by Gasteiger charge is 2.27. The fourth-order valence-electron chi connectivity index (χ4n) is 2.12. The molecule has 1 saturated carbocycles. The van der Waals surface area contributed by atoms with E-state index in [1.54, 1.807) is 12.3 Å². The van der Waals surface area contributed by atoms with Gasteiger partial charge in [0.2, 0.25) is 5.91 Å². The summed E-state index contributed by atoms with van der Waals surface area (Å²) in [5.41, 5.74) is 7.51. The van der Waals surface area contributed by atoms with Gasteiger partial charge in [-0.3, -0.25) is 9.78 Å². The highest BCUT2D eigenvalue weighted by atomic mass is 16.1. The predicted molar refractivity (Wildman–Crippen MR) is 62.9 cm³/mol. The Hall–Kier alpha value is -1.42. The van der Waals surface area contributed by atoms with E-state index in [1.807, 2.05) is 13.0 Å². The first-order valence-electron chi connectivity index (χ1n) is 5.64. The summed E-state index contributed by atoms with van der Waals surface area (Å²) in [7, 11) is 0. The maximum Gasteiger partial charge on any atom is 0.227 e. The lowest BCUT2D eigenvalue weighted by molar-refractivity contribution is -0.119. The number of hydrogen-bond acceptors (Lipinski definition) is 3. The van der Waals surface area contributed by atoms with Crippen molar-refractivity contribution < 1.29 is 4.79 Å². The van der Waals surface area contributed by atoms with E-state index in [0.717, 1.165) is 30.6 Å². The van der Waals surface area contributed by atoms with Crippen LogP contribution in [0, 0.1) is 12.8 Å². The Morgan fingerprint density at radius 3 is 3.00 bits per heavy atom. The fraction of sp³-hybridized carbons (Fsp3) is 0.500. The third-order valence-corrected chi connectivity index (χ3v) is 3.01. The number of carbonyl (C=O) groups is 1. The number of carbonyl (C=O) groups excluding carboxylic acids is 1. The second-order valence-electron chi connectivity index (χ2n) is 4.45. The normalized spacial score (nSPS) is 24.4. The maximum atomic E-state index is 11.9. The van der Waals surface area contributed by atoms with Crippen molar-refractivity contribution in [1.82, 2.24) is 4.98 Å². The van der Waals surface area contributed by atoms with Crippen LogP contribution >= 0.6 is 0 Å². The van der Waals surface area contributed by atoms with Crippen molar-refractivity contribution >= 4 is 11.6 Å². The molecule has 3 N–H and O–H groups in total. The van der Waals surface area contributed by atoms with Gasteiger partial charge in [-0.25, -0.2) is 0 Å². The van der Waals surface area contributed by atoms with Crippen LogP contribution in [0.3, 0.4) is 0 Å². The smallest absolute Gasteiger partial charge is 0.227 e. The van der Waals surface area contributed by atoms with Crippen molar-refractivity contribution in [3.8, 4) is 0 Å². The SMILES string of the molecule is Cc1cc(NC(=O)C2CCC(N)C2)ccn1. The van der Waals surface area contributed by atoms with Crippen LogP contribution in [0.15, 0.2) is 18.3 Å². The van der Waals surface area contributed by atoms with E-state index >= 15 is 0 Å². The maximum absolute atomic E-state index is 11.9. The summed E-state index contributed by atoms with van der Waals surface area (Å²) in [6.07, 6.45) is 4.35. The average molecular weight is 219 g/mol. The quantitative estimate of drug-likeness (QED) is 0.791. The van der Waals surface area contributed by atoms with Crippen molar-refractivity contribution in [3.05, 3.63) is 24.0 Å². The number of nitrogens with two attached hydrogens (primary N) is 1. The first-order valence-corrected chi connectivity index (χ1v) is 5.64. The van der Waals surface area contributed by atoms with E-state index in [2.05, 4.69) is 10.3 Å². The summed E-state index contributed by atoms with van der Waals surface area (Å²) < 4.78 is 0. The van der Waals surface area contributed by atoms with Crippen molar-refractivity contribution in [2.75, 3.05) is 5.32 Å². The topological polar surface area (TPSA) is 68.0 Å². The van der Waals surface area contributed by atoms with Crippen LogP contribution in [-0.4, -0.2) is 16.9 Å². The highest BCUT2D eigenvalue weighted by molar-refractivity contribution is 5.92. The molecule has 16 heavy (non-hydrogen) atoms. The molecule has 0 saturated heterocycles. The summed E-state index contributed by atoms with van der Waals surface area (Å²) >= 11 is 0. The molecule has 2 atom stereocenters. The van der Waals surface area contributed by atoms with Crippen LogP contribution in [0.25, 0.3) is 0 Å². The Labute approximate surface area is 95.3 Å². The molecule has 0 spiro atoms. The summed E-state index contributed by atoms with van der Waals surface area (Å²) in [4.78, 5) is 16.0. The predicted octanol–water partition coefficient (Wildman–Crippen LogP) is 1.46. The minimum Gasteiger partial charge on any atom is -0.328 e. The standard InChI is InChI=1S/C12H17N3O/c1-8-6-11(4-5-14-8)15-12(16)9-2-3-10(13)7-9/h4-6,9-10H,2-3,7,13H2,1H3,(H,14,15,16). The Morgan fingerprint density at radius 1 is 1.56 bits per heavy atom. The molecule has 2 unspecified atom stereocenters. The van der Waals surface area contributed by atoms with E-state index < -0.39 is 0 Å². The second-order valence-corrected chi connectivity index (χ2v) is 4.45. The van der Waals surface area contributed by atoms with E-state index in [1.165, 1.54) is 0 Å². The number of aryl methyl sites for hydroxylation is 1. The van der Waals surface area contributed by atoms with Crippen LogP contribution in [0.1, 0.15) is 25.0 Å². The van der Waals surface area contributed by atoms with E-state index in [9.17, 15) is 4.79 Å². The number of anilines is 1. The molecule has 0 aliphatic heterocycles. The van der Waals surface area contributed by atoms with Gasteiger partial charge in [0.05, 0.1) is 0 Å². The van der Waals surface area contributed by atoms with Crippen LogP contribution in [-0.2, 0) is 4.79 Å². The summed E-state index contributed by atoms with van der Waals surface area (Å²) in [6.45, 7) is 1.90. The lowest BCUT2D eigenvalue weighted by Gasteiger charge is -2.10. The number of hydrogen-bond donors (Lipinski definition) is 2. The molecular formula is C12H17N3O. The molecule has 1 aromatic heterocycles. The molecule has 4 heteroatoms. The fourth-order valence-corrected chi connectivity index (χ4v) is 2.12. The first kappa shape index (κ1) is 11.1. The zero-order valence-corrected chi connectivity index (χ0v) is 9.44. The van der Waals surface area contributed by atoms with Crippen molar-refractivity contribution in [3.63, 3.8) is 0 Å². The average Bonchev–Trinajstić information content (AvgIpc) is 2.65. The summed E-state index contributed by atoms with van der Waals surface area (Å²) in [5.74, 6) is 0.155. The molecule has 1 amide bonds. The molecule has 1 heterocycles. The van der Waals surface area contributed by atoms with Crippen LogP contribution in [0.4, 0.5) is 5.69 Å². The van der Waals surface area contributed by atoms with Crippen molar-refractivity contribution in [2.45, 2.75) is 32.2 Å². The molecule has 2 rings (SSSR count). The lowest BCUT2D eigenvalue weighted by atomic mass is 10.1. The van der Waals surface area contributed by atoms with Crippen LogP contribution in [0.5, 0.6) is 0 Å². The third kappa shape index (κ3) is 2.58. The Morgan fingerprint density at radius 2 is 2.38 bits per heavy atom. The summed E-state index contributed by atoms with van der Waals surface area (Å²) in [6, 6.07) is 3.86. The van der Waals surface area contributed by atoms with Crippen LogP contribution in [0.2, 0.25) is 0 Å². The third-order valence-electron chi connectivity index (χ3n) is 3.01. The highest BCUT2D eigenvalue weighted by Crippen LogP contribution is 2.25. The number of nitrogens with zero attached hydrogens (tertiary/aromatic N) is 1. The molecule has 1 aliphatic carbocycles. The van der Waals surface area contributed by atoms with Gasteiger partial charge >= 0.3 is 0 Å². The number of amides is 1. The minimum atomic E-state index is 0.0727. The minimum absolute atomic E-state index is 0.0727. The molecule has 0 radical (unpaired) electrons. The van der Waals surface area contributed by atoms with Gasteiger partial charge in [-0.1, -0.05) is 0 Å². The van der Waals surface area contributed by atoms with Gasteiger partial charge in [-0.05, 0) is 38.3 Å². The lowest BCUT2D eigenvalue weighted by Crippen LogP contribution is -2.23. The second kappa shape index (κ2) is 4.61. The Balaban J connectivity index is 1.97. The molecule has 86 valence electrons. The molecule has 1 aliphatic rings. The number of aromatic nitrogens is 1. The monoisotopic (exact) mass is 219 g/mol. The largest absolute Gasteiger partial charge is 0.328 e. The van der Waals surface area contributed by atoms with Gasteiger partial charge in [0, 0.05) is 29.5 Å². The summed E-state index contributed by atoms with van der Waals surface area (Å²) in [5, 5.41) is 2.91. The Bertz CT molecular complexity index is 392. The zero-order chi connectivity index (χ0) is 11.5. The van der Waals surface area contributed by atoms with Crippen LogP contribution < -0.4 is 11.1 Å². The molecule has 0 aromatic carbocycles. The van der Waals surface area contributed by atoms with Crippen molar-refractivity contribution in [2.24, 2.45) is 11.7 Å². The zero-order valence-electron chi connectivity index (χ0n) is 9.44. The van der Waals surface area contributed by atoms with Gasteiger partial charge in [-0.15, -0.1) is 0 Å². The van der Waals surface area contributed by atoms with E-state index in [0.29, 0.717) is 0 Å². The molecular weight excluding hydrogens is 202 g/mol. The number of pyridine rings is 1. The number of nitrogens with one attached hydrogen (secondary N) is 1. The van der Waals surface area contributed by atoms with Gasteiger partial charge in [-0.2, -0.15) is 0 Å². The van der Waals surface area contributed by atoms with Gasteiger partial charge in [0.15, 0.2) is 0 Å². The first-order chi connectivity index (χ1) is 7.65. The van der Waals surface area contributed by atoms with Gasteiger partial charge in [0.25, 0.3) is 0 Å². The number of rotatable bonds is 2. The molecule has 1 fully saturated rings. The van der Waals surface area contributed by atoms with Gasteiger partial charge < -0.3 is 11.1 Å². The molecule has 0 bridgehead atoms. The van der Waals surface area contributed by atoms with E-state index in [-0.39, 0.29) is 17.9 Å². The van der Waals surface area contributed by atoms with Crippen molar-refractivity contribution in [1.29, 1.82) is 0 Å². The Kier molecular flexibility index (Phi) is 3.19. The van der Waals surface area contributed by atoms with E-state index in [4.69, 9.17) is 5.73 Å². The van der Waals surface area contributed by atoms with Gasteiger partial charge in [0.1, 0.15) is 0 Å². The molecule has 1 aromatic rings. The molecule has 4 nitrogen and oxygen atoms in total.